The van der Waals surface area contributed by atoms with Crippen LogP contribution >= 0.6 is 11.3 Å². The van der Waals surface area contributed by atoms with Gasteiger partial charge in [-0.15, -0.1) is 0 Å². The van der Waals surface area contributed by atoms with Crippen LogP contribution in [0.15, 0.2) is 48.5 Å². The lowest BCUT2D eigenvalue weighted by molar-refractivity contribution is -0.122. The van der Waals surface area contributed by atoms with Crippen LogP contribution in [-0.4, -0.2) is 47.9 Å². The minimum atomic E-state index is -0.321. The summed E-state index contributed by atoms with van der Waals surface area (Å²) in [5.41, 5.74) is 1.58. The molecule has 4 rings (SSSR count). The molecule has 0 spiro atoms. The lowest BCUT2D eigenvalue weighted by Crippen LogP contribution is -2.43. The molecule has 0 radical (unpaired) electrons. The highest BCUT2D eigenvalue weighted by Gasteiger charge is 2.32. The number of ether oxygens (including phenoxy) is 1. The number of anilines is 2. The molecule has 0 bridgehead atoms. The first-order valence-corrected chi connectivity index (χ1v) is 10.3. The number of thiazole rings is 1. The number of benzene rings is 2. The van der Waals surface area contributed by atoms with E-state index < -0.39 is 0 Å². The van der Waals surface area contributed by atoms with Gasteiger partial charge in [0.2, 0.25) is 11.8 Å². The normalized spacial score (nSPS) is 16.7. The topological polar surface area (TPSA) is 83.6 Å². The van der Waals surface area contributed by atoms with Gasteiger partial charge >= 0.3 is 0 Å². The van der Waals surface area contributed by atoms with E-state index in [-0.39, 0.29) is 24.4 Å². The summed E-state index contributed by atoms with van der Waals surface area (Å²) < 4.78 is 6.16. The van der Waals surface area contributed by atoms with Crippen molar-refractivity contribution in [1.82, 2.24) is 9.88 Å². The quantitative estimate of drug-likeness (QED) is 0.651. The molecule has 0 saturated carbocycles. The molecule has 2 N–H and O–H groups in total. The van der Waals surface area contributed by atoms with Crippen molar-refractivity contribution in [3.63, 3.8) is 0 Å². The molecule has 1 saturated heterocycles. The van der Waals surface area contributed by atoms with E-state index in [1.54, 1.807) is 31.4 Å². The van der Waals surface area contributed by atoms with E-state index in [9.17, 15) is 9.59 Å². The van der Waals surface area contributed by atoms with Crippen LogP contribution in [0.1, 0.15) is 12.8 Å². The Labute approximate surface area is 172 Å². The molecule has 0 aliphatic carbocycles. The van der Waals surface area contributed by atoms with Gasteiger partial charge in [0.1, 0.15) is 5.75 Å². The number of hydrogen-bond donors (Lipinski definition) is 2. The Kier molecular flexibility index (Phi) is 5.73. The number of rotatable bonds is 6. The molecule has 2 aromatic carbocycles. The van der Waals surface area contributed by atoms with Gasteiger partial charge in [0.05, 0.1) is 29.9 Å². The van der Waals surface area contributed by atoms with Crippen molar-refractivity contribution in [2.24, 2.45) is 0 Å². The van der Waals surface area contributed by atoms with Gasteiger partial charge in [-0.2, -0.15) is 0 Å². The number of nitrogens with zero attached hydrogens (tertiary/aromatic N) is 2. The summed E-state index contributed by atoms with van der Waals surface area (Å²) in [5, 5.41) is 6.37. The average Bonchev–Trinajstić information content (AvgIpc) is 3.34. The molecule has 1 aromatic heterocycles. The Morgan fingerprint density at radius 1 is 1.17 bits per heavy atom. The number of fused-ring (bicyclic) bond motifs is 1. The van der Waals surface area contributed by atoms with E-state index >= 15 is 0 Å². The van der Waals surface area contributed by atoms with E-state index in [1.165, 1.54) is 11.3 Å². The van der Waals surface area contributed by atoms with Crippen LogP contribution < -0.4 is 15.4 Å². The molecule has 7 nitrogen and oxygen atoms in total. The Morgan fingerprint density at radius 3 is 2.72 bits per heavy atom. The molecule has 29 heavy (non-hydrogen) atoms. The molecule has 8 heteroatoms. The Balaban J connectivity index is 1.35. The summed E-state index contributed by atoms with van der Waals surface area (Å²) in [6.45, 7) is 0.880. The van der Waals surface area contributed by atoms with Crippen molar-refractivity contribution in [3.05, 3.63) is 48.5 Å². The van der Waals surface area contributed by atoms with Gasteiger partial charge in [0.25, 0.3) is 0 Å². The number of aromatic nitrogens is 1. The molecule has 1 unspecified atom stereocenters. The third-order valence-electron chi connectivity index (χ3n) is 4.91. The molecule has 3 aromatic rings. The van der Waals surface area contributed by atoms with Crippen LogP contribution in [0.2, 0.25) is 0 Å². The SMILES string of the molecule is COc1ccc(NC(=O)C2CCCN2CC(=O)Nc2nc3ccccc3s2)cc1. The molecule has 1 fully saturated rings. The average molecular weight is 410 g/mol. The van der Waals surface area contributed by atoms with Gasteiger partial charge in [0.15, 0.2) is 5.13 Å². The van der Waals surface area contributed by atoms with Gasteiger partial charge in [-0.1, -0.05) is 23.5 Å². The van der Waals surface area contributed by atoms with Crippen LogP contribution in [0.3, 0.4) is 0 Å². The molecule has 2 amide bonds. The fourth-order valence-electron chi connectivity index (χ4n) is 3.48. The van der Waals surface area contributed by atoms with Gasteiger partial charge in [-0.05, 0) is 55.8 Å². The van der Waals surface area contributed by atoms with Crippen LogP contribution in [0.25, 0.3) is 10.2 Å². The number of para-hydroxylation sites is 1. The van der Waals surface area contributed by atoms with Crippen LogP contribution in [-0.2, 0) is 9.59 Å². The largest absolute Gasteiger partial charge is 0.497 e. The summed E-state index contributed by atoms with van der Waals surface area (Å²) in [7, 11) is 1.60. The van der Waals surface area contributed by atoms with Gasteiger partial charge in [-0.25, -0.2) is 4.98 Å². The number of carbonyl (C=O) groups excluding carboxylic acids is 2. The minimum Gasteiger partial charge on any atom is -0.497 e. The highest BCUT2D eigenvalue weighted by Crippen LogP contribution is 2.26. The molecule has 1 aliphatic rings. The second kappa shape index (κ2) is 8.59. The van der Waals surface area contributed by atoms with E-state index in [0.29, 0.717) is 17.4 Å². The standard InChI is InChI=1S/C21H22N4O3S/c1-28-15-10-8-14(9-11-15)22-20(27)17-6-4-12-25(17)13-19(26)24-21-23-16-5-2-3-7-18(16)29-21/h2-3,5,7-11,17H,4,6,12-13H2,1H3,(H,22,27)(H,23,24,26). The summed E-state index contributed by atoms with van der Waals surface area (Å²) in [6.07, 6.45) is 1.62. The molecular formula is C21H22N4O3S. The Hall–Kier alpha value is -2.97. The predicted octanol–water partition coefficient (Wildman–Crippen LogP) is 3.35. The number of hydrogen-bond acceptors (Lipinski definition) is 6. The highest BCUT2D eigenvalue weighted by atomic mass is 32.1. The second-order valence-corrected chi connectivity index (χ2v) is 7.91. The van der Waals surface area contributed by atoms with Crippen LogP contribution in [0.4, 0.5) is 10.8 Å². The van der Waals surface area contributed by atoms with E-state index in [0.717, 1.165) is 28.8 Å². The van der Waals surface area contributed by atoms with Crippen LogP contribution in [0.5, 0.6) is 5.75 Å². The van der Waals surface area contributed by atoms with Gasteiger partial charge in [-0.3, -0.25) is 14.5 Å². The zero-order valence-electron chi connectivity index (χ0n) is 16.1. The summed E-state index contributed by atoms with van der Waals surface area (Å²) in [4.78, 5) is 31.6. The number of likely N-dealkylation sites (tertiary alicyclic amines) is 1. The maximum Gasteiger partial charge on any atom is 0.241 e. The third kappa shape index (κ3) is 4.55. The fraction of sp³-hybridized carbons (Fsp3) is 0.286. The van der Waals surface area contributed by atoms with Gasteiger partial charge in [0, 0.05) is 5.69 Å². The predicted molar refractivity (Wildman–Crippen MR) is 114 cm³/mol. The first-order valence-electron chi connectivity index (χ1n) is 9.47. The summed E-state index contributed by atoms with van der Waals surface area (Å²) in [5.74, 6) is 0.477. The lowest BCUT2D eigenvalue weighted by Gasteiger charge is -2.22. The molecule has 2 heterocycles. The number of nitrogens with one attached hydrogen (secondary N) is 2. The third-order valence-corrected chi connectivity index (χ3v) is 5.86. The van der Waals surface area contributed by atoms with E-state index in [4.69, 9.17) is 4.74 Å². The lowest BCUT2D eigenvalue weighted by atomic mass is 10.2. The molecule has 150 valence electrons. The zero-order chi connectivity index (χ0) is 20.2. The minimum absolute atomic E-state index is 0.0968. The van der Waals surface area contributed by atoms with Crippen molar-refractivity contribution in [2.75, 3.05) is 30.8 Å². The van der Waals surface area contributed by atoms with Crippen molar-refractivity contribution in [1.29, 1.82) is 0 Å². The maximum absolute atomic E-state index is 12.7. The number of amides is 2. The Morgan fingerprint density at radius 2 is 1.97 bits per heavy atom. The van der Waals surface area contributed by atoms with Crippen molar-refractivity contribution in [2.45, 2.75) is 18.9 Å². The number of methoxy groups -OCH3 is 1. The Bertz CT molecular complexity index is 985. The van der Waals surface area contributed by atoms with Crippen molar-refractivity contribution < 1.29 is 14.3 Å². The smallest absolute Gasteiger partial charge is 0.241 e. The van der Waals surface area contributed by atoms with E-state index in [2.05, 4.69) is 15.6 Å². The van der Waals surface area contributed by atoms with Gasteiger partial charge < -0.3 is 15.4 Å². The van der Waals surface area contributed by atoms with E-state index in [1.807, 2.05) is 29.2 Å². The fourth-order valence-corrected chi connectivity index (χ4v) is 4.36. The number of carbonyl (C=O) groups is 2. The van der Waals surface area contributed by atoms with Crippen LogP contribution in [0, 0.1) is 0 Å². The zero-order valence-corrected chi connectivity index (χ0v) is 16.9. The summed E-state index contributed by atoms with van der Waals surface area (Å²) >= 11 is 1.44. The van der Waals surface area contributed by atoms with Crippen molar-refractivity contribution in [3.8, 4) is 5.75 Å². The molecule has 1 atom stereocenters. The molecule has 1 aliphatic heterocycles. The second-order valence-electron chi connectivity index (χ2n) is 6.88. The highest BCUT2D eigenvalue weighted by molar-refractivity contribution is 7.22. The molecular weight excluding hydrogens is 388 g/mol. The van der Waals surface area contributed by atoms with Crippen molar-refractivity contribution >= 4 is 44.2 Å². The first kappa shape index (κ1) is 19.4. The monoisotopic (exact) mass is 410 g/mol. The maximum atomic E-state index is 12.7. The summed E-state index contributed by atoms with van der Waals surface area (Å²) in [6, 6.07) is 14.6. The first-order chi connectivity index (χ1) is 14.1.